The summed E-state index contributed by atoms with van der Waals surface area (Å²) >= 11 is 3.50. The number of benzene rings is 2. The lowest BCUT2D eigenvalue weighted by Gasteiger charge is -2.35. The summed E-state index contributed by atoms with van der Waals surface area (Å²) in [5, 5.41) is 25.9. The Morgan fingerprint density at radius 1 is 0.541 bits per heavy atom. The molecule has 0 spiro atoms. The molecule has 0 amide bonds. The zero-order valence-corrected chi connectivity index (χ0v) is 66.5. The van der Waals surface area contributed by atoms with Crippen LogP contribution in [-0.4, -0.2) is 225 Å². The van der Waals surface area contributed by atoms with Gasteiger partial charge in [-0.3, -0.25) is 13.5 Å². The molecule has 0 aliphatic carbocycles. The Morgan fingerprint density at radius 3 is 1.37 bits per heavy atom. The van der Waals surface area contributed by atoms with Gasteiger partial charge in [0.2, 0.25) is 11.9 Å². The van der Waals surface area contributed by atoms with Crippen molar-refractivity contribution in [2.75, 3.05) is 144 Å². The quantitative estimate of drug-likeness (QED) is 0.0632. The summed E-state index contributed by atoms with van der Waals surface area (Å²) in [6.45, 7) is 26.5. The fraction of sp³-hybridized carbons (Fsp3) is 0.479. The maximum Gasteiger partial charge on any atom is 0.498 e. The lowest BCUT2D eigenvalue weighted by Crippen LogP contribution is -3.00. The molecule has 582 valence electrons. The third kappa shape index (κ3) is 19.7. The second-order valence-electron chi connectivity index (χ2n) is 29.4. The molecule has 0 bridgehead atoms. The Morgan fingerprint density at radius 2 is 0.954 bits per heavy atom. The van der Waals surface area contributed by atoms with Crippen molar-refractivity contribution in [3.05, 3.63) is 174 Å². The first-order chi connectivity index (χ1) is 51.7. The van der Waals surface area contributed by atoms with Crippen molar-refractivity contribution >= 4 is 73.2 Å². The molecule has 7 saturated heterocycles. The minimum atomic E-state index is -3.25. The van der Waals surface area contributed by atoms with Gasteiger partial charge in [-0.15, -0.1) is 0 Å². The summed E-state index contributed by atoms with van der Waals surface area (Å²) in [5.74, 6) is 4.41. The fourth-order valence-electron chi connectivity index (χ4n) is 12.6. The number of rotatable bonds is 18. The number of fused-ring (bicyclic) bond motifs is 2. The molecule has 0 unspecified atom stereocenters. The Kier molecular flexibility index (Phi) is 25.8. The number of aromatic nitrogens is 14. The zero-order chi connectivity index (χ0) is 76.0. The van der Waals surface area contributed by atoms with Crippen molar-refractivity contribution < 1.29 is 78.7 Å². The smallest absolute Gasteiger partial charge is 0.498 e. The van der Waals surface area contributed by atoms with Crippen molar-refractivity contribution in [1.82, 2.24) is 68.7 Å². The summed E-state index contributed by atoms with van der Waals surface area (Å²) in [4.78, 5) is 36.4. The van der Waals surface area contributed by atoms with E-state index in [1.165, 1.54) is 24.3 Å². The van der Waals surface area contributed by atoms with Gasteiger partial charge in [-0.2, -0.15) is 28.8 Å². The average Bonchev–Trinajstić information content (AvgIpc) is 1.72. The van der Waals surface area contributed by atoms with Crippen LogP contribution in [0.1, 0.15) is 63.8 Å². The Balaban J connectivity index is 0.000000143. The summed E-state index contributed by atoms with van der Waals surface area (Å²) in [6.07, 6.45) is 23.0. The van der Waals surface area contributed by atoms with Gasteiger partial charge in [-0.1, -0.05) is 24.3 Å². The molecule has 30 nitrogen and oxygen atoms in total. The minimum Gasteiger partial charge on any atom is -1.00 e. The van der Waals surface area contributed by atoms with E-state index in [1.54, 1.807) is 61.7 Å². The lowest BCUT2D eigenvalue weighted by molar-refractivity contribution is -0.0554. The van der Waals surface area contributed by atoms with E-state index in [1.807, 2.05) is 69.3 Å². The van der Waals surface area contributed by atoms with Gasteiger partial charge in [-0.25, -0.2) is 47.7 Å². The Hall–Kier alpha value is -7.86. The summed E-state index contributed by atoms with van der Waals surface area (Å²) in [7, 11) is -3.57. The third-order valence-electron chi connectivity index (χ3n) is 20.5. The molecule has 15 heterocycles. The summed E-state index contributed by atoms with van der Waals surface area (Å²) < 4.78 is 92.7. The van der Waals surface area contributed by atoms with Crippen LogP contribution >= 0.6 is 15.9 Å². The Bertz CT molecular complexity index is 4710. The zero-order valence-electron chi connectivity index (χ0n) is 62.0. The molecule has 10 aromatic rings. The van der Waals surface area contributed by atoms with Gasteiger partial charge in [0, 0.05) is 177 Å². The maximum absolute atomic E-state index is 13.4. The number of anilines is 4. The van der Waals surface area contributed by atoms with E-state index in [4.69, 9.17) is 44.8 Å². The number of piperazine rings is 2. The van der Waals surface area contributed by atoms with Crippen LogP contribution < -0.4 is 60.5 Å². The molecule has 0 radical (unpaired) electrons. The van der Waals surface area contributed by atoms with Crippen LogP contribution in [0.4, 0.5) is 32.3 Å². The van der Waals surface area contributed by atoms with Gasteiger partial charge in [0.15, 0.2) is 11.6 Å². The van der Waals surface area contributed by atoms with Gasteiger partial charge in [0.25, 0.3) is 10.1 Å². The second kappa shape index (κ2) is 34.8. The third-order valence-corrected chi connectivity index (χ3v) is 21.5. The molecule has 7 fully saturated rings. The highest BCUT2D eigenvalue weighted by molar-refractivity contribution is 9.10. The monoisotopic (exact) mass is 1700 g/mol. The number of hydrogen-bond donors (Lipinski definition) is 3. The SMILES string of the molecule is CC1(C)OB(c2cnn(CC3COC3)c2)OC1(C)C.CS(=O)(=O)OCC1COC1.C[C@](N)(c1ccc(F)cc1)c1cnc(N2CCN(c3ncnn4cc(-c5cnn(CC6COC6)c5)cc34)CC2)nc1.C[C@](N)(c1ccc(F)cc1)c1cnc(N2CCN(c3ncnn4cc(Br)cc34)CC2)nc1.OCC1COC1.[I-]. The Labute approximate surface area is 657 Å². The first kappa shape index (κ1) is 80.7. The average molecular weight is 1700 g/mol. The topological polar surface area (TPSA) is 332 Å². The van der Waals surface area contributed by atoms with E-state index in [2.05, 4.69) is 130 Å². The first-order valence-corrected chi connectivity index (χ1v) is 38.6. The van der Waals surface area contributed by atoms with Crippen molar-refractivity contribution in [3.8, 4) is 11.1 Å². The largest absolute Gasteiger partial charge is 1.00 e. The van der Waals surface area contributed by atoms with Crippen LogP contribution in [0.2, 0.25) is 0 Å². The highest BCUT2D eigenvalue weighted by atomic mass is 127. The lowest BCUT2D eigenvalue weighted by atomic mass is 9.82. The normalized spacial score (nSPS) is 19.0. The fourth-order valence-corrected chi connectivity index (χ4v) is 13.5. The number of halogens is 4. The summed E-state index contributed by atoms with van der Waals surface area (Å²) in [5.41, 5.74) is 19.0. The van der Waals surface area contributed by atoms with Crippen LogP contribution in [0.25, 0.3) is 22.2 Å². The predicted molar refractivity (Wildman–Crippen MR) is 405 cm³/mol. The molecule has 8 aromatic heterocycles. The minimum absolute atomic E-state index is 0. The molecule has 109 heavy (non-hydrogen) atoms. The number of nitrogens with zero attached hydrogens (tertiary/aromatic N) is 18. The van der Waals surface area contributed by atoms with Crippen LogP contribution in [0, 0.1) is 35.3 Å². The van der Waals surface area contributed by atoms with Gasteiger partial charge >= 0.3 is 7.12 Å². The molecule has 17 rings (SSSR count). The summed E-state index contributed by atoms with van der Waals surface area (Å²) in [6, 6.07) is 16.6. The molecule has 36 heteroatoms. The standard InChI is InChI=1S/C29H31FN10O.C22H22BrFN8.C13H21BN2O3.C5H10O4S.C4H8O2.HI/c1-29(31,23-2-4-25(30)5-3-23)24-12-32-28(33-13-24)38-8-6-37(7-9-38)27-26-10-21(16-40(26)36-19-34-27)22-11-35-39(15-22)14-20-17-41-18-20;1-22(25,15-2-4-18(24)5-3-15)16-11-26-21(27-12-16)31-8-6-30(7-9-31)20-19-10-17(23)13-32(19)29-14-28-20;1-12(2)13(3,4)19-14(18-12)11-5-15-16(7-11)6-10-8-17-9-10;1-10(6,7)9-4-5-2-8-3-5;5-1-4-2-6-3-4;/h2-5,10-13,15-16,19-20H,6-9,14,17-18,31H2,1H3;2-5,10-14H,6-9,25H2,1H3;5,7,10H,6,8-9H2,1-4H3;5H,2-4H2,1H3;4-5H,1-3H2;1H/p-1/t29-;22-;;;;/m00..../s1. The van der Waals surface area contributed by atoms with Crippen molar-refractivity contribution in [1.29, 1.82) is 0 Å². The molecule has 5 N–H and O–H groups in total. The van der Waals surface area contributed by atoms with Crippen LogP contribution in [-0.2, 0) is 66.7 Å². The number of ether oxygens (including phenoxy) is 4. The van der Waals surface area contributed by atoms with E-state index < -0.39 is 21.2 Å². The van der Waals surface area contributed by atoms with E-state index in [0.29, 0.717) is 49.5 Å². The maximum atomic E-state index is 13.4. The molecular weight excluding hydrogens is 1600 g/mol. The van der Waals surface area contributed by atoms with E-state index in [9.17, 15) is 17.2 Å². The van der Waals surface area contributed by atoms with Gasteiger partial charge in [0.05, 0.1) is 101 Å². The molecule has 2 aromatic carbocycles. The highest BCUT2D eigenvalue weighted by Gasteiger charge is 2.52. The number of hydrogen-bond acceptors (Lipinski definition) is 26. The first-order valence-electron chi connectivity index (χ1n) is 36.0. The molecule has 0 saturated carbocycles. The van der Waals surface area contributed by atoms with E-state index >= 15 is 0 Å². The van der Waals surface area contributed by atoms with Crippen LogP contribution in [0.5, 0.6) is 0 Å². The van der Waals surface area contributed by atoms with Crippen LogP contribution in [0.3, 0.4) is 0 Å². The van der Waals surface area contributed by atoms with Crippen molar-refractivity contribution in [2.45, 2.75) is 76.9 Å². The molecular formula is C73H92BBrF2IN20O10S-. The van der Waals surface area contributed by atoms with E-state index in [-0.39, 0.29) is 66.5 Å². The predicted octanol–water partition coefficient (Wildman–Crippen LogP) is 2.75. The van der Waals surface area contributed by atoms with Gasteiger partial charge < -0.3 is 88.4 Å². The van der Waals surface area contributed by atoms with Crippen molar-refractivity contribution in [2.24, 2.45) is 35.1 Å². The van der Waals surface area contributed by atoms with Gasteiger partial charge in [0.1, 0.15) is 35.3 Å². The van der Waals surface area contributed by atoms with Crippen LogP contribution in [0.15, 0.2) is 140 Å². The number of nitrogens with two attached hydrogens (primary N) is 2. The molecule has 7 aliphatic heterocycles. The highest BCUT2D eigenvalue weighted by Crippen LogP contribution is 2.37. The number of aliphatic hydroxyl groups excluding tert-OH is 1. The van der Waals surface area contributed by atoms with E-state index in [0.717, 1.165) is 177 Å². The van der Waals surface area contributed by atoms with Crippen molar-refractivity contribution in [3.63, 3.8) is 0 Å². The van der Waals surface area contributed by atoms with Gasteiger partial charge in [-0.05, 0) is 105 Å². The number of aliphatic hydroxyl groups is 1. The second-order valence-corrected chi connectivity index (χ2v) is 32.0. The molecule has 7 aliphatic rings. The molecule has 2 atom stereocenters.